The first kappa shape index (κ1) is 17.1. The molecule has 0 amide bonds. The van der Waals surface area contributed by atoms with Gasteiger partial charge in [-0.05, 0) is 24.3 Å². The maximum atomic E-state index is 9.39. The van der Waals surface area contributed by atoms with E-state index in [2.05, 4.69) is 12.1 Å². The summed E-state index contributed by atoms with van der Waals surface area (Å²) in [5, 5.41) is 9.39. The van der Waals surface area contributed by atoms with Crippen LogP contribution in [0.25, 0.3) is 0 Å². The second-order valence-corrected chi connectivity index (χ2v) is 4.74. The van der Waals surface area contributed by atoms with E-state index in [0.29, 0.717) is 33.0 Å². The third kappa shape index (κ3) is 8.27. The van der Waals surface area contributed by atoms with Crippen LogP contribution in [-0.4, -0.2) is 51.9 Å². The lowest BCUT2D eigenvalue weighted by atomic mass is 9.97. The molecule has 0 aromatic heterocycles. The average Bonchev–Trinajstić information content (AvgIpc) is 2.49. The third-order valence-corrected chi connectivity index (χ3v) is 3.10. The molecule has 0 spiro atoms. The molecule has 0 aliphatic carbocycles. The molecular weight excluding hydrogens is 256 g/mol. The minimum atomic E-state index is 0.197. The summed E-state index contributed by atoms with van der Waals surface area (Å²) in [5.41, 5.74) is 1.26. The van der Waals surface area contributed by atoms with Gasteiger partial charge in [-0.25, -0.2) is 0 Å². The molecule has 4 heteroatoms. The number of benzene rings is 1. The zero-order valence-electron chi connectivity index (χ0n) is 12.3. The van der Waals surface area contributed by atoms with Gasteiger partial charge in [-0.2, -0.15) is 0 Å². The van der Waals surface area contributed by atoms with Crippen molar-refractivity contribution in [3.63, 3.8) is 0 Å². The van der Waals surface area contributed by atoms with Crippen LogP contribution >= 0.6 is 0 Å². The Hall–Kier alpha value is -0.940. The average molecular weight is 282 g/mol. The van der Waals surface area contributed by atoms with Crippen LogP contribution in [0.2, 0.25) is 0 Å². The zero-order chi connectivity index (χ0) is 14.5. The zero-order valence-corrected chi connectivity index (χ0v) is 12.3. The van der Waals surface area contributed by atoms with E-state index in [1.54, 1.807) is 7.11 Å². The van der Waals surface area contributed by atoms with Crippen LogP contribution < -0.4 is 0 Å². The summed E-state index contributed by atoms with van der Waals surface area (Å²) in [6, 6.07) is 10.2. The van der Waals surface area contributed by atoms with Crippen LogP contribution in [0.15, 0.2) is 30.3 Å². The Labute approximate surface area is 121 Å². The molecule has 1 rings (SSSR count). The molecule has 1 aromatic carbocycles. The summed E-state index contributed by atoms with van der Waals surface area (Å²) in [7, 11) is 1.65. The molecule has 0 saturated heterocycles. The van der Waals surface area contributed by atoms with Crippen molar-refractivity contribution in [1.82, 2.24) is 0 Å². The molecule has 0 heterocycles. The molecule has 114 valence electrons. The molecule has 20 heavy (non-hydrogen) atoms. The summed E-state index contributed by atoms with van der Waals surface area (Å²) in [4.78, 5) is 0. The van der Waals surface area contributed by atoms with E-state index in [0.717, 1.165) is 12.8 Å². The Bertz CT molecular complexity index is 316. The van der Waals surface area contributed by atoms with Gasteiger partial charge in [0.25, 0.3) is 0 Å². The van der Waals surface area contributed by atoms with E-state index in [-0.39, 0.29) is 12.5 Å². The highest BCUT2D eigenvalue weighted by atomic mass is 16.5. The number of rotatable bonds is 12. The Kier molecular flexibility index (Phi) is 10.1. The number of methoxy groups -OCH3 is 1. The Morgan fingerprint density at radius 3 is 2.25 bits per heavy atom. The van der Waals surface area contributed by atoms with E-state index in [9.17, 15) is 5.11 Å². The minimum Gasteiger partial charge on any atom is -0.396 e. The number of aliphatic hydroxyl groups is 1. The van der Waals surface area contributed by atoms with Gasteiger partial charge in [0.05, 0.1) is 26.4 Å². The molecule has 0 aliphatic rings. The SMILES string of the molecule is COCCOCCOCCC(CO)Cc1ccccc1. The highest BCUT2D eigenvalue weighted by molar-refractivity contribution is 5.15. The van der Waals surface area contributed by atoms with Crippen molar-refractivity contribution in [1.29, 1.82) is 0 Å². The monoisotopic (exact) mass is 282 g/mol. The van der Waals surface area contributed by atoms with Gasteiger partial charge in [-0.3, -0.25) is 0 Å². The summed E-state index contributed by atoms with van der Waals surface area (Å²) in [6.45, 7) is 3.25. The summed E-state index contributed by atoms with van der Waals surface area (Å²) in [6.07, 6.45) is 1.76. The fourth-order valence-corrected chi connectivity index (χ4v) is 1.92. The fraction of sp³-hybridized carbons (Fsp3) is 0.625. The van der Waals surface area contributed by atoms with Crippen LogP contribution in [0.1, 0.15) is 12.0 Å². The van der Waals surface area contributed by atoms with Crippen molar-refractivity contribution < 1.29 is 19.3 Å². The Balaban J connectivity index is 2.04. The van der Waals surface area contributed by atoms with Gasteiger partial charge in [-0.15, -0.1) is 0 Å². The van der Waals surface area contributed by atoms with Gasteiger partial charge >= 0.3 is 0 Å². The Morgan fingerprint density at radius 1 is 0.950 bits per heavy atom. The second-order valence-electron chi connectivity index (χ2n) is 4.74. The van der Waals surface area contributed by atoms with Crippen molar-refractivity contribution in [2.45, 2.75) is 12.8 Å². The lowest BCUT2D eigenvalue weighted by Crippen LogP contribution is -2.14. The predicted molar refractivity (Wildman–Crippen MR) is 78.9 cm³/mol. The lowest BCUT2D eigenvalue weighted by molar-refractivity contribution is 0.0201. The maximum absolute atomic E-state index is 9.39. The molecular formula is C16H26O4. The van der Waals surface area contributed by atoms with Crippen molar-refractivity contribution in [3.8, 4) is 0 Å². The van der Waals surface area contributed by atoms with Crippen LogP contribution in [0.4, 0.5) is 0 Å². The molecule has 4 nitrogen and oxygen atoms in total. The molecule has 0 radical (unpaired) electrons. The van der Waals surface area contributed by atoms with Crippen molar-refractivity contribution in [2.24, 2.45) is 5.92 Å². The van der Waals surface area contributed by atoms with Crippen molar-refractivity contribution >= 4 is 0 Å². The molecule has 1 N–H and O–H groups in total. The first-order valence-corrected chi connectivity index (χ1v) is 7.16. The van der Waals surface area contributed by atoms with E-state index in [1.807, 2.05) is 18.2 Å². The van der Waals surface area contributed by atoms with E-state index >= 15 is 0 Å². The molecule has 1 atom stereocenters. The van der Waals surface area contributed by atoms with Gasteiger partial charge in [0.15, 0.2) is 0 Å². The molecule has 0 fully saturated rings. The normalized spacial score (nSPS) is 12.5. The largest absolute Gasteiger partial charge is 0.396 e. The Morgan fingerprint density at radius 2 is 1.60 bits per heavy atom. The standard InChI is InChI=1S/C16H26O4/c1-18-9-10-20-12-11-19-8-7-16(14-17)13-15-5-3-2-4-6-15/h2-6,16-17H,7-14H2,1H3. The fourth-order valence-electron chi connectivity index (χ4n) is 1.92. The summed E-state index contributed by atoms with van der Waals surface area (Å²) < 4.78 is 15.7. The highest BCUT2D eigenvalue weighted by Crippen LogP contribution is 2.11. The van der Waals surface area contributed by atoms with Crippen LogP contribution in [0, 0.1) is 5.92 Å². The van der Waals surface area contributed by atoms with E-state index in [4.69, 9.17) is 14.2 Å². The first-order chi connectivity index (χ1) is 9.86. The molecule has 1 aromatic rings. The van der Waals surface area contributed by atoms with Crippen molar-refractivity contribution in [2.75, 3.05) is 46.8 Å². The maximum Gasteiger partial charge on any atom is 0.0701 e. The summed E-state index contributed by atoms with van der Waals surface area (Å²) in [5.74, 6) is 0.256. The topological polar surface area (TPSA) is 47.9 Å². The van der Waals surface area contributed by atoms with Gasteiger partial charge < -0.3 is 19.3 Å². The van der Waals surface area contributed by atoms with Crippen molar-refractivity contribution in [3.05, 3.63) is 35.9 Å². The van der Waals surface area contributed by atoms with Crippen LogP contribution in [0.3, 0.4) is 0 Å². The third-order valence-electron chi connectivity index (χ3n) is 3.10. The second kappa shape index (κ2) is 11.9. The molecule has 1 unspecified atom stereocenters. The van der Waals surface area contributed by atoms with Gasteiger partial charge in [0.2, 0.25) is 0 Å². The van der Waals surface area contributed by atoms with E-state index < -0.39 is 0 Å². The highest BCUT2D eigenvalue weighted by Gasteiger charge is 2.08. The molecule has 0 bridgehead atoms. The molecule has 0 aliphatic heterocycles. The smallest absolute Gasteiger partial charge is 0.0701 e. The lowest BCUT2D eigenvalue weighted by Gasteiger charge is -2.14. The van der Waals surface area contributed by atoms with Gasteiger partial charge in [0, 0.05) is 20.3 Å². The summed E-state index contributed by atoms with van der Waals surface area (Å²) >= 11 is 0. The number of hydrogen-bond acceptors (Lipinski definition) is 4. The van der Waals surface area contributed by atoms with Crippen LogP contribution in [0.5, 0.6) is 0 Å². The number of aliphatic hydroxyl groups excluding tert-OH is 1. The van der Waals surface area contributed by atoms with Gasteiger partial charge in [0.1, 0.15) is 0 Å². The molecule has 0 saturated carbocycles. The minimum absolute atomic E-state index is 0.197. The first-order valence-electron chi connectivity index (χ1n) is 7.16. The van der Waals surface area contributed by atoms with Gasteiger partial charge in [-0.1, -0.05) is 30.3 Å². The number of hydrogen-bond donors (Lipinski definition) is 1. The van der Waals surface area contributed by atoms with Crippen LogP contribution in [-0.2, 0) is 20.6 Å². The van der Waals surface area contributed by atoms with E-state index in [1.165, 1.54) is 5.56 Å². The quantitative estimate of drug-likeness (QED) is 0.595. The predicted octanol–water partition coefficient (Wildman–Crippen LogP) is 1.91. The number of ether oxygens (including phenoxy) is 3.